The van der Waals surface area contributed by atoms with Crippen molar-refractivity contribution in [2.24, 2.45) is 0 Å². The molecule has 1 aromatic carbocycles. The molecule has 0 heterocycles. The minimum atomic E-state index is -1.71. The van der Waals surface area contributed by atoms with E-state index in [2.05, 4.69) is 5.32 Å². The molecule has 1 aromatic rings. The molecule has 0 aliphatic heterocycles. The Labute approximate surface area is 114 Å². The third-order valence-electron chi connectivity index (χ3n) is 2.69. The summed E-state index contributed by atoms with van der Waals surface area (Å²) in [6.45, 7) is 3.14. The Morgan fingerprint density at radius 1 is 1.26 bits per heavy atom. The molecule has 6 heteroatoms. The van der Waals surface area contributed by atoms with Gasteiger partial charge in [0.25, 0.3) is 0 Å². The maximum atomic E-state index is 11.7. The van der Waals surface area contributed by atoms with Crippen LogP contribution < -0.4 is 5.32 Å². The third kappa shape index (κ3) is 4.82. The van der Waals surface area contributed by atoms with Gasteiger partial charge < -0.3 is 10.4 Å². The number of carbonyl (C=O) groups is 2. The van der Waals surface area contributed by atoms with Gasteiger partial charge in [0, 0.05) is 10.8 Å². The van der Waals surface area contributed by atoms with Crippen molar-refractivity contribution < 1.29 is 18.9 Å². The summed E-state index contributed by atoms with van der Waals surface area (Å²) < 4.78 is 11.6. The fourth-order valence-electron chi connectivity index (χ4n) is 1.47. The van der Waals surface area contributed by atoms with Crippen LogP contribution in [-0.2, 0) is 20.4 Å². The molecule has 104 valence electrons. The molecule has 3 unspecified atom stereocenters. The van der Waals surface area contributed by atoms with Crippen LogP contribution in [0.4, 0.5) is 0 Å². The van der Waals surface area contributed by atoms with Crippen molar-refractivity contribution in [3.05, 3.63) is 35.9 Å². The molecule has 0 aliphatic rings. The molecule has 1 rings (SSSR count). The number of carboxylic acids is 1. The van der Waals surface area contributed by atoms with Crippen LogP contribution in [-0.4, -0.2) is 32.2 Å². The highest BCUT2D eigenvalue weighted by Crippen LogP contribution is 2.10. The maximum absolute atomic E-state index is 11.7. The Balaban J connectivity index is 2.52. The van der Waals surface area contributed by atoms with E-state index in [9.17, 15) is 13.8 Å². The van der Waals surface area contributed by atoms with Gasteiger partial charge in [-0.25, -0.2) is 0 Å². The van der Waals surface area contributed by atoms with Gasteiger partial charge >= 0.3 is 5.97 Å². The predicted octanol–water partition coefficient (Wildman–Crippen LogP) is 1.09. The molecule has 19 heavy (non-hydrogen) atoms. The molecule has 3 atom stereocenters. The number of amides is 1. The van der Waals surface area contributed by atoms with Gasteiger partial charge in [0.1, 0.15) is 11.0 Å². The quantitative estimate of drug-likeness (QED) is 0.818. The van der Waals surface area contributed by atoms with Crippen LogP contribution in [0.2, 0.25) is 0 Å². The average Bonchev–Trinajstić information content (AvgIpc) is 2.38. The van der Waals surface area contributed by atoms with Crippen LogP contribution >= 0.6 is 0 Å². The fraction of sp³-hybridized carbons (Fsp3) is 0.385. The summed E-state index contributed by atoms with van der Waals surface area (Å²) in [6, 6.07) is 9.15. The lowest BCUT2D eigenvalue weighted by molar-refractivity contribution is -0.136. The number of carboxylic acid groups (broad SMARTS) is 1. The minimum absolute atomic E-state index is 0.203. The monoisotopic (exact) mass is 283 g/mol. The van der Waals surface area contributed by atoms with Crippen LogP contribution in [0, 0.1) is 0 Å². The highest BCUT2D eigenvalue weighted by Gasteiger charge is 2.22. The predicted molar refractivity (Wildman–Crippen MR) is 73.1 cm³/mol. The van der Waals surface area contributed by atoms with E-state index in [0.717, 1.165) is 5.56 Å². The van der Waals surface area contributed by atoms with E-state index in [0.29, 0.717) is 0 Å². The van der Waals surface area contributed by atoms with Crippen LogP contribution in [0.25, 0.3) is 0 Å². The molecule has 2 N–H and O–H groups in total. The number of carbonyl (C=O) groups excluding carboxylic acids is 1. The summed E-state index contributed by atoms with van der Waals surface area (Å²) in [5, 5.41) is 10.4. The van der Waals surface area contributed by atoms with Crippen molar-refractivity contribution in [1.29, 1.82) is 0 Å². The third-order valence-corrected chi connectivity index (χ3v) is 4.23. The first kappa shape index (κ1) is 15.4. The normalized spacial score (nSPS) is 15.3. The summed E-state index contributed by atoms with van der Waals surface area (Å²) in [6.07, 6.45) is 0. The topological polar surface area (TPSA) is 83.5 Å². The number of hydrogen-bond acceptors (Lipinski definition) is 3. The van der Waals surface area contributed by atoms with Crippen LogP contribution in [0.1, 0.15) is 25.5 Å². The first-order chi connectivity index (χ1) is 8.91. The zero-order chi connectivity index (χ0) is 14.4. The van der Waals surface area contributed by atoms with E-state index in [1.807, 2.05) is 37.3 Å². The lowest BCUT2D eigenvalue weighted by Gasteiger charge is -2.14. The first-order valence-corrected chi connectivity index (χ1v) is 7.24. The Morgan fingerprint density at radius 2 is 1.84 bits per heavy atom. The summed E-state index contributed by atoms with van der Waals surface area (Å²) in [7, 11) is -1.71. The number of rotatable bonds is 6. The molecule has 0 saturated carbocycles. The largest absolute Gasteiger partial charge is 0.480 e. The van der Waals surface area contributed by atoms with Gasteiger partial charge in [-0.05, 0) is 19.4 Å². The van der Waals surface area contributed by atoms with Crippen molar-refractivity contribution in [2.75, 3.05) is 5.75 Å². The lowest BCUT2D eigenvalue weighted by atomic mass is 10.1. The first-order valence-electron chi connectivity index (χ1n) is 5.86. The SMILES string of the molecule is CC(NC(=O)CS(=O)C(C)C(=O)O)c1ccccc1. The molecule has 0 fully saturated rings. The van der Waals surface area contributed by atoms with Crippen LogP contribution in [0.5, 0.6) is 0 Å². The van der Waals surface area contributed by atoms with Crippen molar-refractivity contribution in [3.63, 3.8) is 0 Å². The number of nitrogens with one attached hydrogen (secondary N) is 1. The second-order valence-corrected chi connectivity index (χ2v) is 5.96. The van der Waals surface area contributed by atoms with E-state index in [1.165, 1.54) is 6.92 Å². The Bertz CT molecular complexity index is 475. The minimum Gasteiger partial charge on any atom is -0.480 e. The van der Waals surface area contributed by atoms with Gasteiger partial charge in [-0.2, -0.15) is 0 Å². The number of hydrogen-bond donors (Lipinski definition) is 2. The molecular formula is C13H17NO4S. The molecule has 0 aliphatic carbocycles. The van der Waals surface area contributed by atoms with Crippen LogP contribution in [0.15, 0.2) is 30.3 Å². The van der Waals surface area contributed by atoms with E-state index >= 15 is 0 Å². The molecular weight excluding hydrogens is 266 g/mol. The van der Waals surface area contributed by atoms with Crippen LogP contribution in [0.3, 0.4) is 0 Å². The second-order valence-electron chi connectivity index (χ2n) is 4.21. The zero-order valence-electron chi connectivity index (χ0n) is 10.8. The van der Waals surface area contributed by atoms with Crippen molar-refractivity contribution in [1.82, 2.24) is 5.32 Å². The molecule has 0 bridgehead atoms. The Hall–Kier alpha value is -1.69. The maximum Gasteiger partial charge on any atom is 0.318 e. The molecule has 0 spiro atoms. The van der Waals surface area contributed by atoms with Gasteiger partial charge in [-0.3, -0.25) is 13.8 Å². The van der Waals surface area contributed by atoms with Crippen molar-refractivity contribution in [3.8, 4) is 0 Å². The van der Waals surface area contributed by atoms with E-state index in [4.69, 9.17) is 5.11 Å². The van der Waals surface area contributed by atoms with E-state index in [1.54, 1.807) is 0 Å². The highest BCUT2D eigenvalue weighted by molar-refractivity contribution is 7.87. The van der Waals surface area contributed by atoms with Gasteiger partial charge in [0.2, 0.25) is 5.91 Å². The van der Waals surface area contributed by atoms with Gasteiger partial charge in [-0.15, -0.1) is 0 Å². The Kier molecular flexibility index (Phi) is 5.69. The van der Waals surface area contributed by atoms with E-state index < -0.39 is 27.9 Å². The van der Waals surface area contributed by atoms with Gasteiger partial charge in [0.05, 0.1) is 6.04 Å². The standard InChI is InChI=1S/C13H17NO4S/c1-9(11-6-4-3-5-7-11)14-12(15)8-19(18)10(2)13(16)17/h3-7,9-10H,8H2,1-2H3,(H,14,15)(H,16,17). The van der Waals surface area contributed by atoms with E-state index in [-0.39, 0.29) is 11.8 Å². The molecule has 5 nitrogen and oxygen atoms in total. The van der Waals surface area contributed by atoms with Crippen molar-refractivity contribution >= 4 is 22.7 Å². The number of aliphatic carboxylic acids is 1. The van der Waals surface area contributed by atoms with Gasteiger partial charge in [-0.1, -0.05) is 30.3 Å². The molecule has 0 aromatic heterocycles. The smallest absolute Gasteiger partial charge is 0.318 e. The zero-order valence-corrected chi connectivity index (χ0v) is 11.6. The second kappa shape index (κ2) is 7.04. The van der Waals surface area contributed by atoms with Crippen molar-refractivity contribution in [2.45, 2.75) is 25.1 Å². The fourth-order valence-corrected chi connectivity index (χ4v) is 2.29. The molecule has 1 amide bonds. The Morgan fingerprint density at radius 3 is 2.37 bits per heavy atom. The average molecular weight is 283 g/mol. The summed E-state index contributed by atoms with van der Waals surface area (Å²) in [5.41, 5.74) is 0.938. The number of benzene rings is 1. The summed E-state index contributed by atoms with van der Waals surface area (Å²) in [5.74, 6) is -1.88. The summed E-state index contributed by atoms with van der Waals surface area (Å²) >= 11 is 0. The molecule has 0 saturated heterocycles. The highest BCUT2D eigenvalue weighted by atomic mass is 32.2. The van der Waals surface area contributed by atoms with Gasteiger partial charge in [0.15, 0.2) is 0 Å². The molecule has 0 radical (unpaired) electrons. The lowest BCUT2D eigenvalue weighted by Crippen LogP contribution is -2.34. The summed E-state index contributed by atoms with van der Waals surface area (Å²) in [4.78, 5) is 22.3.